The number of benzene rings is 1. The van der Waals surface area contributed by atoms with Crippen molar-refractivity contribution in [3.8, 4) is 6.07 Å². The fraction of sp³-hybridized carbons (Fsp3) is 0.438. The van der Waals surface area contributed by atoms with Crippen LogP contribution in [-0.2, 0) is 0 Å². The van der Waals surface area contributed by atoms with E-state index in [1.165, 1.54) is 10.9 Å². The maximum Gasteiger partial charge on any atom is 0.0991 e. The van der Waals surface area contributed by atoms with E-state index in [2.05, 4.69) is 36.4 Å². The second kappa shape index (κ2) is 5.90. The van der Waals surface area contributed by atoms with E-state index in [4.69, 9.17) is 5.26 Å². The van der Waals surface area contributed by atoms with Gasteiger partial charge in [0.05, 0.1) is 11.6 Å². The number of aromatic amines is 1. The highest BCUT2D eigenvalue weighted by atomic mass is 14.9. The van der Waals surface area contributed by atoms with Gasteiger partial charge in [0.2, 0.25) is 0 Å². The number of H-pyrrole nitrogens is 1. The zero-order valence-electron chi connectivity index (χ0n) is 11.8. The third kappa shape index (κ3) is 2.80. The number of aromatic nitrogens is 1. The van der Waals surface area contributed by atoms with Crippen molar-refractivity contribution in [1.82, 2.24) is 10.3 Å². The summed E-state index contributed by atoms with van der Waals surface area (Å²) in [6.45, 7) is 4.46. The van der Waals surface area contributed by atoms with Gasteiger partial charge in [-0.3, -0.25) is 0 Å². The van der Waals surface area contributed by atoms with Gasteiger partial charge in [-0.25, -0.2) is 0 Å². The maximum atomic E-state index is 9.02. The Labute approximate surface area is 114 Å². The number of hydrogen-bond donors (Lipinski definition) is 2. The Morgan fingerprint density at radius 1 is 1.42 bits per heavy atom. The zero-order valence-corrected chi connectivity index (χ0v) is 11.8. The van der Waals surface area contributed by atoms with Gasteiger partial charge >= 0.3 is 0 Å². The first-order chi connectivity index (χ1) is 9.19. The molecule has 0 saturated carbocycles. The van der Waals surface area contributed by atoms with E-state index in [0.717, 1.165) is 23.9 Å². The fourth-order valence-corrected chi connectivity index (χ4v) is 2.66. The summed E-state index contributed by atoms with van der Waals surface area (Å²) in [6, 6.07) is 8.58. The van der Waals surface area contributed by atoms with E-state index in [1.54, 1.807) is 0 Å². The molecule has 0 radical (unpaired) electrons. The van der Waals surface area contributed by atoms with Crippen molar-refractivity contribution >= 4 is 10.9 Å². The van der Waals surface area contributed by atoms with Crippen molar-refractivity contribution in [2.75, 3.05) is 7.05 Å². The molecule has 3 heteroatoms. The van der Waals surface area contributed by atoms with Crippen LogP contribution in [0.4, 0.5) is 0 Å². The molecule has 3 nitrogen and oxygen atoms in total. The van der Waals surface area contributed by atoms with Crippen LogP contribution in [-0.4, -0.2) is 18.1 Å². The molecule has 0 bridgehead atoms. The van der Waals surface area contributed by atoms with Crippen LogP contribution in [0.3, 0.4) is 0 Å². The van der Waals surface area contributed by atoms with Crippen molar-refractivity contribution in [3.05, 3.63) is 35.5 Å². The quantitative estimate of drug-likeness (QED) is 0.858. The van der Waals surface area contributed by atoms with Crippen LogP contribution in [0.5, 0.6) is 0 Å². The lowest BCUT2D eigenvalue weighted by molar-refractivity contribution is 0.472. The van der Waals surface area contributed by atoms with Crippen LogP contribution in [0.25, 0.3) is 10.9 Å². The van der Waals surface area contributed by atoms with Crippen LogP contribution in [0.15, 0.2) is 24.4 Å². The monoisotopic (exact) mass is 255 g/mol. The molecule has 0 aliphatic carbocycles. The van der Waals surface area contributed by atoms with Crippen molar-refractivity contribution in [2.24, 2.45) is 0 Å². The lowest BCUT2D eigenvalue weighted by Crippen LogP contribution is -2.25. The van der Waals surface area contributed by atoms with Crippen LogP contribution in [0, 0.1) is 11.3 Å². The van der Waals surface area contributed by atoms with Crippen LogP contribution in [0.1, 0.15) is 43.7 Å². The molecule has 0 spiro atoms. The Balaban J connectivity index is 2.31. The third-order valence-corrected chi connectivity index (χ3v) is 3.91. The Bertz CT molecular complexity index is 588. The summed E-state index contributed by atoms with van der Waals surface area (Å²) in [7, 11) is 2.02. The molecule has 1 aromatic carbocycles. The van der Waals surface area contributed by atoms with E-state index in [9.17, 15) is 0 Å². The predicted octanol–water partition coefficient (Wildman–Crippen LogP) is 3.53. The zero-order chi connectivity index (χ0) is 13.8. The Hall–Kier alpha value is -1.79. The molecule has 0 amide bonds. The second-order valence-corrected chi connectivity index (χ2v) is 5.15. The summed E-state index contributed by atoms with van der Waals surface area (Å²) >= 11 is 0. The van der Waals surface area contributed by atoms with Gasteiger partial charge in [-0.2, -0.15) is 5.26 Å². The minimum Gasteiger partial charge on any atom is -0.361 e. The molecule has 19 heavy (non-hydrogen) atoms. The number of hydrogen-bond acceptors (Lipinski definition) is 2. The average Bonchev–Trinajstić information content (AvgIpc) is 2.87. The minimum absolute atomic E-state index is 0.472. The molecule has 1 aromatic heterocycles. The first-order valence-electron chi connectivity index (χ1n) is 6.88. The number of nitrogens with one attached hydrogen (secondary N) is 2. The Morgan fingerprint density at radius 3 is 2.84 bits per heavy atom. The summed E-state index contributed by atoms with van der Waals surface area (Å²) in [5, 5.41) is 13.5. The predicted molar refractivity (Wildman–Crippen MR) is 79.2 cm³/mol. The van der Waals surface area contributed by atoms with E-state index >= 15 is 0 Å². The van der Waals surface area contributed by atoms with Gasteiger partial charge in [-0.15, -0.1) is 0 Å². The molecule has 2 atom stereocenters. The molecule has 1 heterocycles. The highest BCUT2D eigenvalue weighted by Crippen LogP contribution is 2.29. The molecular formula is C16H21N3. The summed E-state index contributed by atoms with van der Waals surface area (Å²) in [5.41, 5.74) is 3.14. The van der Waals surface area contributed by atoms with Gasteiger partial charge in [0.25, 0.3) is 0 Å². The highest BCUT2D eigenvalue weighted by molar-refractivity contribution is 5.85. The molecule has 2 unspecified atom stereocenters. The molecule has 0 saturated heterocycles. The van der Waals surface area contributed by atoms with Gasteiger partial charge in [0.15, 0.2) is 0 Å². The molecular weight excluding hydrogens is 234 g/mol. The topological polar surface area (TPSA) is 51.6 Å². The lowest BCUT2D eigenvalue weighted by Gasteiger charge is -2.18. The molecule has 2 aromatic rings. The smallest absolute Gasteiger partial charge is 0.0991 e. The standard InChI is InChI=1S/C16H21N3/c1-4-13(18-3)7-11(2)15-10-19-16-6-5-12(9-17)8-14(15)16/h5-6,8,10-11,13,18-19H,4,7H2,1-3H3. The van der Waals surface area contributed by atoms with Gasteiger partial charge in [0, 0.05) is 23.1 Å². The SMILES string of the molecule is CCC(CC(C)c1c[nH]c2ccc(C#N)cc12)NC. The molecule has 0 aliphatic rings. The normalized spacial score (nSPS) is 14.2. The van der Waals surface area contributed by atoms with E-state index in [-0.39, 0.29) is 0 Å². The summed E-state index contributed by atoms with van der Waals surface area (Å²) in [4.78, 5) is 3.30. The van der Waals surface area contributed by atoms with Gasteiger partial charge in [-0.1, -0.05) is 13.8 Å². The molecule has 2 N–H and O–H groups in total. The van der Waals surface area contributed by atoms with E-state index in [0.29, 0.717) is 12.0 Å². The van der Waals surface area contributed by atoms with Crippen LogP contribution in [0.2, 0.25) is 0 Å². The second-order valence-electron chi connectivity index (χ2n) is 5.15. The minimum atomic E-state index is 0.472. The van der Waals surface area contributed by atoms with Crippen LogP contribution < -0.4 is 5.32 Å². The van der Waals surface area contributed by atoms with Crippen molar-refractivity contribution in [3.63, 3.8) is 0 Å². The van der Waals surface area contributed by atoms with Gasteiger partial charge in [-0.05, 0) is 49.6 Å². The van der Waals surface area contributed by atoms with E-state index < -0.39 is 0 Å². The number of nitrogens with zero attached hydrogens (tertiary/aromatic N) is 1. The molecule has 0 fully saturated rings. The fourth-order valence-electron chi connectivity index (χ4n) is 2.66. The summed E-state index contributed by atoms with van der Waals surface area (Å²) in [6.07, 6.45) is 4.32. The average molecular weight is 255 g/mol. The van der Waals surface area contributed by atoms with Gasteiger partial charge < -0.3 is 10.3 Å². The van der Waals surface area contributed by atoms with Crippen LogP contribution >= 0.6 is 0 Å². The number of fused-ring (bicyclic) bond motifs is 1. The summed E-state index contributed by atoms with van der Waals surface area (Å²) < 4.78 is 0. The summed E-state index contributed by atoms with van der Waals surface area (Å²) in [5.74, 6) is 0.472. The number of nitriles is 1. The molecule has 100 valence electrons. The highest BCUT2D eigenvalue weighted by Gasteiger charge is 2.15. The van der Waals surface area contributed by atoms with Crippen molar-refractivity contribution < 1.29 is 0 Å². The molecule has 0 aliphatic heterocycles. The molecule has 2 rings (SSSR count). The van der Waals surface area contributed by atoms with Crippen molar-refractivity contribution in [2.45, 2.75) is 38.6 Å². The third-order valence-electron chi connectivity index (χ3n) is 3.91. The van der Waals surface area contributed by atoms with E-state index in [1.807, 2.05) is 25.2 Å². The van der Waals surface area contributed by atoms with Gasteiger partial charge in [0.1, 0.15) is 0 Å². The maximum absolute atomic E-state index is 9.02. The largest absolute Gasteiger partial charge is 0.361 e. The first kappa shape index (κ1) is 13.6. The Kier molecular flexibility index (Phi) is 4.24. The lowest BCUT2D eigenvalue weighted by atomic mass is 9.92. The van der Waals surface area contributed by atoms with Crippen molar-refractivity contribution in [1.29, 1.82) is 5.26 Å². The first-order valence-corrected chi connectivity index (χ1v) is 6.88. The number of rotatable bonds is 5. The Morgan fingerprint density at radius 2 is 2.21 bits per heavy atom.